The van der Waals surface area contributed by atoms with E-state index >= 15 is 0 Å². The van der Waals surface area contributed by atoms with Crippen LogP contribution in [0.2, 0.25) is 0 Å². The van der Waals surface area contributed by atoms with E-state index in [1.165, 1.54) is 12.8 Å². The molecule has 23 heavy (non-hydrogen) atoms. The lowest BCUT2D eigenvalue weighted by Gasteiger charge is -2.20. The van der Waals surface area contributed by atoms with Crippen LogP contribution < -0.4 is 0 Å². The van der Waals surface area contributed by atoms with Gasteiger partial charge in [-0.1, -0.05) is 18.5 Å². The molecule has 1 aliphatic carbocycles. The summed E-state index contributed by atoms with van der Waals surface area (Å²) in [6.45, 7) is 4.83. The Balaban J connectivity index is 1.46. The van der Waals surface area contributed by atoms with Crippen molar-refractivity contribution in [3.05, 3.63) is 17.5 Å². The Morgan fingerprint density at radius 1 is 1.26 bits per heavy atom. The van der Waals surface area contributed by atoms with Gasteiger partial charge in [0.25, 0.3) is 0 Å². The minimum atomic E-state index is 0.225. The van der Waals surface area contributed by atoms with Crippen LogP contribution in [0.25, 0.3) is 0 Å². The third-order valence-corrected chi connectivity index (χ3v) is 4.72. The Morgan fingerprint density at radius 2 is 2.17 bits per heavy atom. The van der Waals surface area contributed by atoms with Gasteiger partial charge in [-0.25, -0.2) is 4.68 Å². The normalized spacial score (nSPS) is 22.0. The molecule has 2 aromatic heterocycles. The fraction of sp³-hybridized carbons (Fsp3) is 0.800. The van der Waals surface area contributed by atoms with Gasteiger partial charge >= 0.3 is 0 Å². The van der Waals surface area contributed by atoms with Gasteiger partial charge in [-0.3, -0.25) is 4.90 Å². The number of hydrogen-bond donors (Lipinski definition) is 0. The van der Waals surface area contributed by atoms with Crippen molar-refractivity contribution >= 4 is 0 Å². The van der Waals surface area contributed by atoms with Crippen LogP contribution in [0.1, 0.15) is 74.9 Å². The molecule has 1 saturated carbocycles. The van der Waals surface area contributed by atoms with Gasteiger partial charge < -0.3 is 4.52 Å². The average molecular weight is 317 g/mol. The summed E-state index contributed by atoms with van der Waals surface area (Å²) in [4.78, 5) is 7.00. The molecular formula is C15H23N7O. The van der Waals surface area contributed by atoms with E-state index < -0.39 is 0 Å². The number of aromatic nitrogens is 6. The molecule has 0 spiro atoms. The van der Waals surface area contributed by atoms with Crippen molar-refractivity contribution < 1.29 is 4.52 Å². The molecule has 0 N–H and O–H groups in total. The summed E-state index contributed by atoms with van der Waals surface area (Å²) in [5.74, 6) is 3.08. The molecule has 1 saturated heterocycles. The first-order valence-corrected chi connectivity index (χ1v) is 8.67. The lowest BCUT2D eigenvalue weighted by Crippen LogP contribution is -2.25. The predicted molar refractivity (Wildman–Crippen MR) is 81.4 cm³/mol. The quantitative estimate of drug-likeness (QED) is 0.772. The Kier molecular flexibility index (Phi) is 4.07. The van der Waals surface area contributed by atoms with E-state index in [4.69, 9.17) is 4.52 Å². The summed E-state index contributed by atoms with van der Waals surface area (Å²) < 4.78 is 7.35. The molecule has 2 aromatic rings. The Hall–Kier alpha value is -1.83. The molecule has 0 unspecified atom stereocenters. The first-order valence-electron chi connectivity index (χ1n) is 8.67. The van der Waals surface area contributed by atoms with E-state index in [2.05, 4.69) is 37.5 Å². The van der Waals surface area contributed by atoms with Crippen molar-refractivity contribution in [2.24, 2.45) is 0 Å². The van der Waals surface area contributed by atoms with Crippen LogP contribution >= 0.6 is 0 Å². The lowest BCUT2D eigenvalue weighted by atomic mass is 10.2. The van der Waals surface area contributed by atoms with Crippen molar-refractivity contribution in [2.45, 2.75) is 70.5 Å². The summed E-state index contributed by atoms with van der Waals surface area (Å²) in [7, 11) is 0. The van der Waals surface area contributed by atoms with Crippen molar-refractivity contribution in [3.8, 4) is 0 Å². The van der Waals surface area contributed by atoms with E-state index in [-0.39, 0.29) is 6.04 Å². The maximum absolute atomic E-state index is 5.43. The van der Waals surface area contributed by atoms with Gasteiger partial charge in [-0.2, -0.15) is 4.98 Å². The van der Waals surface area contributed by atoms with Crippen LogP contribution in [0.15, 0.2) is 4.52 Å². The number of tetrazole rings is 1. The third kappa shape index (κ3) is 3.12. The minimum Gasteiger partial charge on any atom is -0.339 e. The zero-order chi connectivity index (χ0) is 15.6. The summed E-state index contributed by atoms with van der Waals surface area (Å²) in [6, 6.07) is 0.225. The van der Waals surface area contributed by atoms with Crippen LogP contribution in [0.5, 0.6) is 0 Å². The molecule has 3 heterocycles. The number of likely N-dealkylation sites (tertiary alicyclic amines) is 1. The maximum Gasteiger partial charge on any atom is 0.229 e. The number of aryl methyl sites for hydroxylation is 1. The molecular weight excluding hydrogens is 294 g/mol. The largest absolute Gasteiger partial charge is 0.339 e. The lowest BCUT2D eigenvalue weighted by molar-refractivity contribution is 0.224. The van der Waals surface area contributed by atoms with Gasteiger partial charge in [0.05, 0.1) is 12.6 Å². The highest BCUT2D eigenvalue weighted by Crippen LogP contribution is 2.40. The fourth-order valence-electron chi connectivity index (χ4n) is 3.19. The fourth-order valence-corrected chi connectivity index (χ4v) is 3.19. The Morgan fingerprint density at radius 3 is 3.00 bits per heavy atom. The Labute approximate surface area is 135 Å². The number of nitrogens with zero attached hydrogens (tertiary/aromatic N) is 7. The molecule has 0 amide bonds. The van der Waals surface area contributed by atoms with Crippen molar-refractivity contribution in [3.63, 3.8) is 0 Å². The van der Waals surface area contributed by atoms with Gasteiger partial charge in [0, 0.05) is 12.5 Å². The number of rotatable bonds is 7. The zero-order valence-electron chi connectivity index (χ0n) is 13.6. The topological polar surface area (TPSA) is 85.8 Å². The first kappa shape index (κ1) is 14.7. The smallest absolute Gasteiger partial charge is 0.229 e. The second kappa shape index (κ2) is 6.35. The maximum atomic E-state index is 5.43. The van der Waals surface area contributed by atoms with Gasteiger partial charge in [-0.15, -0.1) is 5.10 Å². The summed E-state index contributed by atoms with van der Waals surface area (Å²) >= 11 is 0. The molecule has 2 aliphatic rings. The van der Waals surface area contributed by atoms with E-state index in [0.717, 1.165) is 62.9 Å². The molecule has 1 atom stereocenters. The highest BCUT2D eigenvalue weighted by Gasteiger charge is 2.34. The van der Waals surface area contributed by atoms with Crippen LogP contribution in [-0.2, 0) is 13.1 Å². The highest BCUT2D eigenvalue weighted by atomic mass is 16.5. The molecule has 2 fully saturated rings. The molecule has 4 rings (SSSR count). The standard InChI is InChI=1S/C15H23N7O/c1-2-3-9-22-13(17-19-20-22)10-21-8-4-5-12(21)14-16-15(23-18-14)11-6-7-11/h11-12H,2-10H2,1H3/t12-/m0/s1. The first-order chi connectivity index (χ1) is 11.3. The van der Waals surface area contributed by atoms with E-state index in [1.807, 2.05) is 4.68 Å². The van der Waals surface area contributed by atoms with E-state index in [1.54, 1.807) is 0 Å². The molecule has 1 aliphatic heterocycles. The van der Waals surface area contributed by atoms with Crippen molar-refractivity contribution in [1.29, 1.82) is 0 Å². The van der Waals surface area contributed by atoms with Gasteiger partial charge in [0.15, 0.2) is 11.6 Å². The molecule has 8 heteroatoms. The summed E-state index contributed by atoms with van der Waals surface area (Å²) in [6.07, 6.45) is 6.81. The van der Waals surface area contributed by atoms with Gasteiger partial charge in [-0.05, 0) is 49.1 Å². The average Bonchev–Trinajstić information content (AvgIpc) is 2.98. The molecule has 0 radical (unpaired) electrons. The number of unbranched alkanes of at least 4 members (excludes halogenated alkanes) is 1. The van der Waals surface area contributed by atoms with Crippen LogP contribution in [0.4, 0.5) is 0 Å². The second-order valence-corrected chi connectivity index (χ2v) is 6.57. The van der Waals surface area contributed by atoms with Crippen LogP contribution in [-0.4, -0.2) is 41.8 Å². The van der Waals surface area contributed by atoms with E-state index in [9.17, 15) is 0 Å². The summed E-state index contributed by atoms with van der Waals surface area (Å²) in [5.41, 5.74) is 0. The zero-order valence-corrected chi connectivity index (χ0v) is 13.6. The van der Waals surface area contributed by atoms with Gasteiger partial charge in [0.2, 0.25) is 5.89 Å². The van der Waals surface area contributed by atoms with Gasteiger partial charge in [0.1, 0.15) is 0 Å². The molecule has 0 aromatic carbocycles. The van der Waals surface area contributed by atoms with Crippen LogP contribution in [0.3, 0.4) is 0 Å². The van der Waals surface area contributed by atoms with Crippen molar-refractivity contribution in [2.75, 3.05) is 6.54 Å². The minimum absolute atomic E-state index is 0.225. The van der Waals surface area contributed by atoms with Crippen molar-refractivity contribution in [1.82, 2.24) is 35.2 Å². The predicted octanol–water partition coefficient (Wildman–Crippen LogP) is 2.07. The SMILES string of the molecule is CCCCn1nnnc1CN1CCC[C@H]1c1noc(C2CC2)n1. The third-order valence-electron chi connectivity index (χ3n) is 4.72. The van der Waals surface area contributed by atoms with Crippen LogP contribution in [0, 0.1) is 0 Å². The molecule has 0 bridgehead atoms. The molecule has 124 valence electrons. The molecule has 8 nitrogen and oxygen atoms in total. The van der Waals surface area contributed by atoms with E-state index in [0.29, 0.717) is 5.92 Å². The second-order valence-electron chi connectivity index (χ2n) is 6.57. The Bertz CT molecular complexity index is 648. The number of hydrogen-bond acceptors (Lipinski definition) is 7. The monoisotopic (exact) mass is 317 g/mol. The highest BCUT2D eigenvalue weighted by molar-refractivity contribution is 5.05. The summed E-state index contributed by atoms with van der Waals surface area (Å²) in [5, 5.41) is 16.4.